The molecule has 0 saturated carbocycles. The molecule has 1 aliphatic rings. The molecule has 2 amide bonds. The molecule has 0 atom stereocenters. The molecule has 9 heteroatoms. The van der Waals surface area contributed by atoms with E-state index in [2.05, 4.69) is 0 Å². The van der Waals surface area contributed by atoms with Crippen molar-refractivity contribution >= 4 is 29.7 Å². The molecule has 0 fully saturated rings. The summed E-state index contributed by atoms with van der Waals surface area (Å²) in [7, 11) is 0. The Morgan fingerprint density at radius 3 is 1.78 bits per heavy atom. The molecule has 0 saturated heterocycles. The Balaban J connectivity index is 1.31. The number of hydrogen-bond donors (Lipinski definition) is 0. The van der Waals surface area contributed by atoms with Crippen molar-refractivity contribution in [1.29, 1.82) is 0 Å². The fraction of sp³-hybridized carbons (Fsp3) is 0.519. The van der Waals surface area contributed by atoms with Crippen LogP contribution in [0.15, 0.2) is 36.4 Å². The number of aldehydes is 1. The topological polar surface area (TPSA) is 116 Å². The second-order valence-corrected chi connectivity index (χ2v) is 8.36. The van der Waals surface area contributed by atoms with Crippen LogP contribution in [0.4, 0.5) is 0 Å². The Bertz CT molecular complexity index is 876. The molecule has 1 aromatic rings. The molecular weight excluding hydrogens is 466 g/mol. The summed E-state index contributed by atoms with van der Waals surface area (Å²) in [6, 6.07) is 6.64. The van der Waals surface area contributed by atoms with E-state index in [1.54, 1.807) is 24.3 Å². The summed E-state index contributed by atoms with van der Waals surface area (Å²) in [5, 5.41) is 0. The maximum Gasteiger partial charge on any atom is 0.253 e. The standard InChI is InChI=1S/C27H35NO8/c29-21-22-7-9-23(10-8-22)25(31)6-2-4-16-35-18-20-36-19-17-34-15-3-1-5-24(30)13-14-28-26(32)11-12-27(28)33/h7-12,21H,1-6,13-20H2. The van der Waals surface area contributed by atoms with E-state index < -0.39 is 0 Å². The average molecular weight is 502 g/mol. The minimum absolute atomic E-state index is 0.0304. The molecule has 0 aromatic heterocycles. The van der Waals surface area contributed by atoms with Crippen molar-refractivity contribution in [3.63, 3.8) is 0 Å². The quantitative estimate of drug-likeness (QED) is 0.109. The maximum absolute atomic E-state index is 12.1. The van der Waals surface area contributed by atoms with Crippen LogP contribution >= 0.6 is 0 Å². The lowest BCUT2D eigenvalue weighted by Crippen LogP contribution is -2.32. The monoisotopic (exact) mass is 501 g/mol. The summed E-state index contributed by atoms with van der Waals surface area (Å²) in [5.74, 6) is -0.630. The van der Waals surface area contributed by atoms with Crippen molar-refractivity contribution < 1.29 is 38.2 Å². The minimum atomic E-state index is -0.362. The van der Waals surface area contributed by atoms with E-state index in [1.807, 2.05) is 0 Å². The molecular formula is C27H35NO8. The Morgan fingerprint density at radius 2 is 1.22 bits per heavy atom. The smallest absolute Gasteiger partial charge is 0.253 e. The lowest BCUT2D eigenvalue weighted by molar-refractivity contribution is -0.137. The zero-order valence-corrected chi connectivity index (χ0v) is 20.7. The highest BCUT2D eigenvalue weighted by molar-refractivity contribution is 6.13. The molecule has 196 valence electrons. The first-order chi connectivity index (χ1) is 17.5. The van der Waals surface area contributed by atoms with E-state index in [-0.39, 0.29) is 36.3 Å². The van der Waals surface area contributed by atoms with Crippen LogP contribution in [0.1, 0.15) is 65.7 Å². The maximum atomic E-state index is 12.1. The van der Waals surface area contributed by atoms with Gasteiger partial charge in [0.05, 0.1) is 26.4 Å². The van der Waals surface area contributed by atoms with Crippen LogP contribution in [0.3, 0.4) is 0 Å². The molecule has 0 aliphatic carbocycles. The van der Waals surface area contributed by atoms with Crippen LogP contribution in [0, 0.1) is 0 Å². The second kappa shape index (κ2) is 17.4. The van der Waals surface area contributed by atoms with E-state index in [0.29, 0.717) is 70.0 Å². The summed E-state index contributed by atoms with van der Waals surface area (Å²) in [4.78, 5) is 58.5. The Labute approximate surface area is 211 Å². The predicted octanol–water partition coefficient (Wildman–Crippen LogP) is 2.96. The molecule has 2 rings (SSSR count). The number of Topliss-reactive ketones (excluding diaryl/α,β-unsaturated/α-hetero) is 2. The first-order valence-electron chi connectivity index (χ1n) is 12.4. The van der Waals surface area contributed by atoms with Crippen LogP contribution in [0.2, 0.25) is 0 Å². The van der Waals surface area contributed by atoms with Crippen molar-refractivity contribution in [2.24, 2.45) is 0 Å². The molecule has 1 aliphatic heterocycles. The van der Waals surface area contributed by atoms with Crippen LogP contribution < -0.4 is 0 Å². The van der Waals surface area contributed by atoms with Gasteiger partial charge in [-0.05, 0) is 25.7 Å². The Morgan fingerprint density at radius 1 is 0.694 bits per heavy atom. The SMILES string of the molecule is O=Cc1ccc(C(=O)CCCCOCCOCCOCCCCC(=O)CCN2C(=O)C=CC2=O)cc1. The van der Waals surface area contributed by atoms with E-state index in [9.17, 15) is 24.0 Å². The molecule has 0 bridgehead atoms. The van der Waals surface area contributed by atoms with E-state index in [1.165, 1.54) is 12.2 Å². The van der Waals surface area contributed by atoms with Crippen molar-refractivity contribution in [3.8, 4) is 0 Å². The van der Waals surface area contributed by atoms with Gasteiger partial charge in [-0.15, -0.1) is 0 Å². The third-order valence-electron chi connectivity index (χ3n) is 5.56. The number of ketones is 2. The highest BCUT2D eigenvalue weighted by Gasteiger charge is 2.23. The van der Waals surface area contributed by atoms with Crippen LogP contribution in [0.5, 0.6) is 0 Å². The van der Waals surface area contributed by atoms with Crippen LogP contribution in [-0.2, 0) is 28.6 Å². The fourth-order valence-electron chi connectivity index (χ4n) is 3.46. The van der Waals surface area contributed by atoms with Gasteiger partial charge in [-0.25, -0.2) is 0 Å². The fourth-order valence-corrected chi connectivity index (χ4v) is 3.46. The summed E-state index contributed by atoms with van der Waals surface area (Å²) in [6.45, 7) is 3.13. The molecule has 9 nitrogen and oxygen atoms in total. The van der Waals surface area contributed by atoms with Gasteiger partial charge in [-0.2, -0.15) is 0 Å². The summed E-state index contributed by atoms with van der Waals surface area (Å²) in [6.07, 6.45) is 7.21. The predicted molar refractivity (Wildman–Crippen MR) is 132 cm³/mol. The number of rotatable bonds is 21. The molecule has 36 heavy (non-hydrogen) atoms. The molecule has 0 spiro atoms. The van der Waals surface area contributed by atoms with Gasteiger partial charge in [0.15, 0.2) is 5.78 Å². The number of unbranched alkanes of at least 4 members (excludes halogenated alkanes) is 2. The summed E-state index contributed by atoms with van der Waals surface area (Å²) < 4.78 is 16.4. The van der Waals surface area contributed by atoms with Crippen molar-refractivity contribution in [1.82, 2.24) is 4.90 Å². The summed E-state index contributed by atoms with van der Waals surface area (Å²) in [5.41, 5.74) is 1.18. The molecule has 1 heterocycles. The second-order valence-electron chi connectivity index (χ2n) is 8.36. The van der Waals surface area contributed by atoms with Gasteiger partial charge in [0.1, 0.15) is 12.1 Å². The largest absolute Gasteiger partial charge is 0.379 e. The number of carbonyl (C=O) groups is 5. The van der Waals surface area contributed by atoms with Crippen molar-refractivity contribution in [3.05, 3.63) is 47.5 Å². The Kier molecular flexibility index (Phi) is 14.1. The third kappa shape index (κ3) is 11.6. The van der Waals surface area contributed by atoms with Gasteiger partial charge in [-0.1, -0.05) is 24.3 Å². The number of imide groups is 1. The molecule has 0 N–H and O–H groups in total. The zero-order chi connectivity index (χ0) is 26.0. The number of nitrogens with zero attached hydrogens (tertiary/aromatic N) is 1. The van der Waals surface area contributed by atoms with Gasteiger partial charge in [0.2, 0.25) is 0 Å². The van der Waals surface area contributed by atoms with Crippen LogP contribution in [-0.4, -0.2) is 80.8 Å². The number of benzene rings is 1. The number of ether oxygens (including phenoxy) is 3. The van der Waals surface area contributed by atoms with Crippen molar-refractivity contribution in [2.75, 3.05) is 46.2 Å². The van der Waals surface area contributed by atoms with Crippen LogP contribution in [0.25, 0.3) is 0 Å². The minimum Gasteiger partial charge on any atom is -0.379 e. The first-order valence-corrected chi connectivity index (χ1v) is 12.4. The van der Waals surface area contributed by atoms with E-state index >= 15 is 0 Å². The molecule has 0 unspecified atom stereocenters. The van der Waals surface area contributed by atoms with Gasteiger partial charge in [0.25, 0.3) is 11.8 Å². The van der Waals surface area contributed by atoms with E-state index in [4.69, 9.17) is 14.2 Å². The lowest BCUT2D eigenvalue weighted by Gasteiger charge is -2.12. The lowest BCUT2D eigenvalue weighted by atomic mass is 10.0. The average Bonchev–Trinajstić information content (AvgIpc) is 3.21. The highest BCUT2D eigenvalue weighted by Crippen LogP contribution is 2.09. The van der Waals surface area contributed by atoms with E-state index in [0.717, 1.165) is 30.4 Å². The highest BCUT2D eigenvalue weighted by atomic mass is 16.5. The van der Waals surface area contributed by atoms with Gasteiger partial charge < -0.3 is 14.2 Å². The molecule has 1 aromatic carbocycles. The number of carbonyl (C=O) groups excluding carboxylic acids is 5. The number of hydrogen-bond acceptors (Lipinski definition) is 8. The number of amides is 2. The van der Waals surface area contributed by atoms with Gasteiger partial charge in [-0.3, -0.25) is 28.9 Å². The van der Waals surface area contributed by atoms with Gasteiger partial charge >= 0.3 is 0 Å². The summed E-state index contributed by atoms with van der Waals surface area (Å²) >= 11 is 0. The van der Waals surface area contributed by atoms with Gasteiger partial charge in [0, 0.05) is 62.3 Å². The normalized spacial score (nSPS) is 12.9. The Hall–Kier alpha value is -3.01. The van der Waals surface area contributed by atoms with Crippen molar-refractivity contribution in [2.45, 2.75) is 44.9 Å². The molecule has 0 radical (unpaired) electrons. The third-order valence-corrected chi connectivity index (χ3v) is 5.56. The first kappa shape index (κ1) is 29.2. The zero-order valence-electron chi connectivity index (χ0n) is 20.7.